The molecule has 0 atom stereocenters. The Kier molecular flexibility index (Phi) is 9.11. The third-order valence-corrected chi connectivity index (χ3v) is 15.4. The zero-order chi connectivity index (χ0) is 45.4. The minimum atomic E-state index is 1.08. The van der Waals surface area contributed by atoms with Gasteiger partial charge in [-0.1, -0.05) is 188 Å². The molecule has 0 N–H and O–H groups in total. The largest absolute Gasteiger partial charge is 0.310 e. The smallest absolute Gasteiger partial charge is 0.0542 e. The minimum absolute atomic E-state index is 1.08. The minimum Gasteiger partial charge on any atom is -0.310 e. The number of fused-ring (bicyclic) bond motifs is 17. The van der Waals surface area contributed by atoms with Crippen LogP contribution in [-0.4, -0.2) is 4.57 Å². The van der Waals surface area contributed by atoms with Crippen LogP contribution in [0.5, 0.6) is 0 Å². The fourth-order valence-electron chi connectivity index (χ4n) is 11.1. The third kappa shape index (κ3) is 6.32. The summed E-state index contributed by atoms with van der Waals surface area (Å²) in [7, 11) is 0. The van der Waals surface area contributed by atoms with E-state index >= 15 is 0 Å². The molecule has 0 amide bonds. The number of aromatic nitrogens is 1. The van der Waals surface area contributed by atoms with Crippen LogP contribution < -0.4 is 4.90 Å². The molecular formula is C66H42N2S. The number of benzene rings is 11. The van der Waals surface area contributed by atoms with Crippen LogP contribution in [0.4, 0.5) is 17.1 Å². The van der Waals surface area contributed by atoms with Crippen molar-refractivity contribution in [2.45, 2.75) is 0 Å². The summed E-state index contributed by atoms with van der Waals surface area (Å²) >= 11 is 1.90. The molecule has 0 aliphatic rings. The van der Waals surface area contributed by atoms with Crippen LogP contribution in [0.3, 0.4) is 0 Å². The Balaban J connectivity index is 1.12. The molecule has 3 heteroatoms. The van der Waals surface area contributed by atoms with Crippen molar-refractivity contribution in [3.05, 3.63) is 255 Å². The van der Waals surface area contributed by atoms with E-state index in [0.717, 1.165) is 22.7 Å². The number of thiophene rings is 1. The Bertz CT molecular complexity index is 4410. The lowest BCUT2D eigenvalue weighted by Crippen LogP contribution is -2.10. The maximum Gasteiger partial charge on any atom is 0.0542 e. The molecule has 0 bridgehead atoms. The maximum absolute atomic E-state index is 2.46. The molecule has 14 aromatic rings. The van der Waals surface area contributed by atoms with E-state index in [9.17, 15) is 0 Å². The fraction of sp³-hybridized carbons (Fsp3) is 0. The Morgan fingerprint density at radius 1 is 0.275 bits per heavy atom. The summed E-state index contributed by atoms with van der Waals surface area (Å²) in [6.07, 6.45) is 0. The first-order valence-corrected chi connectivity index (χ1v) is 24.5. The van der Waals surface area contributed by atoms with Crippen molar-refractivity contribution in [1.29, 1.82) is 0 Å². The first kappa shape index (κ1) is 39.4. The van der Waals surface area contributed by atoms with Crippen molar-refractivity contribution >= 4 is 124 Å². The van der Waals surface area contributed by atoms with Gasteiger partial charge < -0.3 is 9.47 Å². The molecule has 2 heterocycles. The fourth-order valence-corrected chi connectivity index (χ4v) is 12.4. The van der Waals surface area contributed by atoms with Gasteiger partial charge in [-0.25, -0.2) is 0 Å². The van der Waals surface area contributed by atoms with Crippen molar-refractivity contribution in [3.8, 4) is 16.8 Å². The molecule has 0 radical (unpaired) electrons. The second kappa shape index (κ2) is 16.0. The number of nitrogens with zero attached hydrogens (tertiary/aromatic N) is 2. The van der Waals surface area contributed by atoms with Gasteiger partial charge in [0.25, 0.3) is 0 Å². The highest BCUT2D eigenvalue weighted by Crippen LogP contribution is 2.46. The second-order valence-electron chi connectivity index (χ2n) is 18.0. The van der Waals surface area contributed by atoms with E-state index in [1.165, 1.54) is 107 Å². The zero-order valence-electron chi connectivity index (χ0n) is 37.6. The van der Waals surface area contributed by atoms with Crippen molar-refractivity contribution < 1.29 is 0 Å². The monoisotopic (exact) mass is 894 g/mol. The standard InChI is InChI=1S/C66H42N2S/c1-3-17-43(18-4-1)44-31-33-46(34-32-44)67(48-36-40-63-61(42-48)55-26-13-15-29-62(55)68(63)45-19-5-2-6-20-45)47-35-37-54-52-24-10-8-22-50(52)49-21-7-9-23-51(49)53-25-11-12-28-57(53)65-58(60(54)41-47)38-39-59-56-27-14-16-30-64(56)69-66(59)65/h1-42H. The lowest BCUT2D eigenvalue weighted by Gasteiger charge is -2.26. The predicted molar refractivity (Wildman–Crippen MR) is 299 cm³/mol. The van der Waals surface area contributed by atoms with Crippen LogP contribution in [0, 0.1) is 0 Å². The first-order chi connectivity index (χ1) is 34.2. The summed E-state index contributed by atoms with van der Waals surface area (Å²) in [5.74, 6) is 0. The first-order valence-electron chi connectivity index (χ1n) is 23.7. The van der Waals surface area contributed by atoms with Gasteiger partial charge >= 0.3 is 0 Å². The summed E-state index contributed by atoms with van der Waals surface area (Å²) in [5, 5.41) is 17.3. The molecule has 69 heavy (non-hydrogen) atoms. The average molecular weight is 895 g/mol. The highest BCUT2D eigenvalue weighted by atomic mass is 32.1. The summed E-state index contributed by atoms with van der Waals surface area (Å²) in [4.78, 5) is 2.45. The van der Waals surface area contributed by atoms with E-state index in [4.69, 9.17) is 0 Å². The Labute approximate surface area is 403 Å². The molecule has 322 valence electrons. The molecule has 0 saturated carbocycles. The number of para-hydroxylation sites is 2. The summed E-state index contributed by atoms with van der Waals surface area (Å²) < 4.78 is 4.99. The van der Waals surface area contributed by atoms with Gasteiger partial charge in [-0.15, -0.1) is 11.3 Å². The molecule has 0 unspecified atom stereocenters. The van der Waals surface area contributed by atoms with Gasteiger partial charge in [-0.2, -0.15) is 0 Å². The molecule has 14 rings (SSSR count). The van der Waals surface area contributed by atoms with Crippen LogP contribution in [0.25, 0.3) is 113 Å². The van der Waals surface area contributed by atoms with E-state index in [1.807, 2.05) is 11.3 Å². The third-order valence-electron chi connectivity index (χ3n) is 14.2. The summed E-state index contributed by atoms with van der Waals surface area (Å²) in [6.45, 7) is 0. The molecule has 2 nitrogen and oxygen atoms in total. The average Bonchev–Trinajstić information content (AvgIpc) is 3.97. The van der Waals surface area contributed by atoms with Crippen LogP contribution in [0.2, 0.25) is 0 Å². The number of hydrogen-bond acceptors (Lipinski definition) is 2. The normalized spacial score (nSPS) is 11.8. The van der Waals surface area contributed by atoms with Gasteiger partial charge in [0.15, 0.2) is 0 Å². The molecule has 0 saturated heterocycles. The van der Waals surface area contributed by atoms with E-state index in [2.05, 4.69) is 264 Å². The molecular weight excluding hydrogens is 853 g/mol. The van der Waals surface area contributed by atoms with Crippen molar-refractivity contribution in [1.82, 2.24) is 4.57 Å². The Morgan fingerprint density at radius 3 is 1.39 bits per heavy atom. The summed E-state index contributed by atoms with van der Waals surface area (Å²) in [5.41, 5.74) is 9.14. The van der Waals surface area contributed by atoms with Crippen LogP contribution in [-0.2, 0) is 0 Å². The molecule has 2 aromatic heterocycles. The lowest BCUT2D eigenvalue weighted by atomic mass is 9.93. The van der Waals surface area contributed by atoms with Gasteiger partial charge in [0, 0.05) is 59.1 Å². The Hall–Kier alpha value is -8.76. The maximum atomic E-state index is 2.46. The van der Waals surface area contributed by atoms with Crippen LogP contribution >= 0.6 is 11.3 Å². The van der Waals surface area contributed by atoms with Crippen molar-refractivity contribution in [3.63, 3.8) is 0 Å². The zero-order valence-corrected chi connectivity index (χ0v) is 38.4. The Morgan fingerprint density at radius 2 is 0.710 bits per heavy atom. The van der Waals surface area contributed by atoms with Crippen molar-refractivity contribution in [2.75, 3.05) is 4.90 Å². The molecule has 0 aliphatic carbocycles. The molecule has 0 fully saturated rings. The summed E-state index contributed by atoms with van der Waals surface area (Å²) in [6, 6.07) is 94.1. The highest BCUT2D eigenvalue weighted by Gasteiger charge is 2.20. The van der Waals surface area contributed by atoms with Gasteiger partial charge in [-0.05, 0) is 126 Å². The van der Waals surface area contributed by atoms with Gasteiger partial charge in [0.1, 0.15) is 0 Å². The van der Waals surface area contributed by atoms with E-state index in [1.54, 1.807) is 0 Å². The number of anilines is 3. The quantitative estimate of drug-likeness (QED) is 0.167. The molecule has 0 aliphatic heterocycles. The van der Waals surface area contributed by atoms with Crippen LogP contribution in [0.1, 0.15) is 0 Å². The van der Waals surface area contributed by atoms with E-state index in [0.29, 0.717) is 0 Å². The number of hydrogen-bond donors (Lipinski definition) is 0. The van der Waals surface area contributed by atoms with E-state index in [-0.39, 0.29) is 0 Å². The van der Waals surface area contributed by atoms with Gasteiger partial charge in [0.2, 0.25) is 0 Å². The SMILES string of the molecule is c1ccc(-c2ccc(N(c3ccc4c5ccccc5c5ccccc5c5ccccc5c5c(ccc6c7ccccc7sc65)c4c3)c3ccc4c(c3)c3ccccc3n4-c3ccccc3)cc2)cc1. The predicted octanol–water partition coefficient (Wildman–Crippen LogP) is 19.2. The van der Waals surface area contributed by atoms with Gasteiger partial charge in [0.05, 0.1) is 11.0 Å². The molecule has 12 aromatic carbocycles. The lowest BCUT2D eigenvalue weighted by molar-refractivity contribution is 1.18. The number of rotatable bonds is 5. The van der Waals surface area contributed by atoms with Gasteiger partial charge in [-0.3, -0.25) is 0 Å². The second-order valence-corrected chi connectivity index (χ2v) is 19.0. The molecule has 0 spiro atoms. The van der Waals surface area contributed by atoms with E-state index < -0.39 is 0 Å². The van der Waals surface area contributed by atoms with Crippen LogP contribution in [0.15, 0.2) is 255 Å². The highest BCUT2D eigenvalue weighted by molar-refractivity contribution is 7.26. The van der Waals surface area contributed by atoms with Crippen molar-refractivity contribution in [2.24, 2.45) is 0 Å². The topological polar surface area (TPSA) is 8.17 Å².